The largest absolute Gasteiger partial charge is 0.359 e. The Morgan fingerprint density at radius 3 is 2.73 bits per heavy atom. The number of nitrogens with one attached hydrogen (secondary N) is 2. The number of carbonyl (C=O) groups excluding carboxylic acids is 3. The number of fused-ring (bicyclic) bond motifs is 1. The molecule has 3 heterocycles. The average molecular weight is 528 g/mol. The van der Waals surface area contributed by atoms with Crippen molar-refractivity contribution in [2.24, 2.45) is 29.6 Å². The molecule has 2 N–H and O–H groups in total. The number of nitrogens with zero attached hydrogens (tertiary/aromatic N) is 1. The molecule has 3 fully saturated rings. The summed E-state index contributed by atoms with van der Waals surface area (Å²) in [5.74, 6) is -0.850. The van der Waals surface area contributed by atoms with Crippen LogP contribution in [0.15, 0.2) is 36.4 Å². The summed E-state index contributed by atoms with van der Waals surface area (Å²) >= 11 is 6.10. The normalized spacial score (nSPS) is 36.2. The minimum absolute atomic E-state index is 0.0678. The van der Waals surface area contributed by atoms with E-state index in [2.05, 4.69) is 38.3 Å². The Kier molecular flexibility index (Phi) is 7.14. The lowest BCUT2D eigenvalue weighted by molar-refractivity contribution is -0.141. The number of benzene rings is 1. The number of hydrogen-bond donors (Lipinski definition) is 2. The molecule has 8 heteroatoms. The van der Waals surface area contributed by atoms with Crippen molar-refractivity contribution in [3.05, 3.63) is 41.4 Å². The van der Waals surface area contributed by atoms with Crippen molar-refractivity contribution in [3.8, 4) is 0 Å². The number of rotatable bonds is 7. The number of ether oxygens (including phenoxy) is 1. The van der Waals surface area contributed by atoms with Gasteiger partial charge in [-0.15, -0.1) is 0 Å². The van der Waals surface area contributed by atoms with Gasteiger partial charge in [0.2, 0.25) is 17.7 Å². The molecule has 0 aromatic heterocycles. The Bertz CT molecular complexity index is 1110. The number of amides is 3. The average Bonchev–Trinajstić information content (AvgIpc) is 3.48. The van der Waals surface area contributed by atoms with Crippen LogP contribution in [-0.2, 0) is 19.1 Å². The van der Waals surface area contributed by atoms with E-state index in [0.29, 0.717) is 35.0 Å². The summed E-state index contributed by atoms with van der Waals surface area (Å²) in [6.07, 6.45) is 7.11. The van der Waals surface area contributed by atoms with E-state index in [-0.39, 0.29) is 23.8 Å². The van der Waals surface area contributed by atoms with E-state index >= 15 is 0 Å². The predicted octanol–water partition coefficient (Wildman–Crippen LogP) is 4.42. The van der Waals surface area contributed by atoms with Gasteiger partial charge in [0.05, 0.1) is 17.9 Å². The van der Waals surface area contributed by atoms with Crippen LogP contribution in [0.2, 0.25) is 5.02 Å². The van der Waals surface area contributed by atoms with E-state index in [0.717, 1.165) is 19.3 Å². The highest BCUT2D eigenvalue weighted by Crippen LogP contribution is 2.55. The Morgan fingerprint density at radius 2 is 2.00 bits per heavy atom. The molecule has 1 aromatic rings. The van der Waals surface area contributed by atoms with Crippen molar-refractivity contribution in [3.63, 3.8) is 0 Å². The number of anilines is 1. The third-order valence-corrected chi connectivity index (χ3v) is 9.23. The van der Waals surface area contributed by atoms with Crippen LogP contribution in [0, 0.1) is 29.6 Å². The van der Waals surface area contributed by atoms with Gasteiger partial charge in [-0.3, -0.25) is 14.4 Å². The molecular formula is C29H38ClN3O4. The highest BCUT2D eigenvalue weighted by Gasteiger charge is 2.72. The summed E-state index contributed by atoms with van der Waals surface area (Å²) in [6.45, 7) is 9.08. The number of halogens is 1. The Hall–Kier alpha value is -2.38. The maximum atomic E-state index is 14.0. The second kappa shape index (κ2) is 10.1. The van der Waals surface area contributed by atoms with Gasteiger partial charge in [0.1, 0.15) is 11.6 Å². The van der Waals surface area contributed by atoms with Gasteiger partial charge < -0.3 is 20.3 Å². The fraction of sp³-hybridized carbons (Fsp3) is 0.621. The van der Waals surface area contributed by atoms with Crippen molar-refractivity contribution in [2.45, 2.75) is 77.2 Å². The van der Waals surface area contributed by atoms with Crippen LogP contribution in [0.3, 0.4) is 0 Å². The third kappa shape index (κ3) is 4.59. The van der Waals surface area contributed by atoms with Gasteiger partial charge in [-0.2, -0.15) is 0 Å². The van der Waals surface area contributed by atoms with Crippen molar-refractivity contribution < 1.29 is 19.1 Å². The first-order valence-corrected chi connectivity index (χ1v) is 14.0. The van der Waals surface area contributed by atoms with E-state index in [4.69, 9.17) is 16.3 Å². The lowest BCUT2D eigenvalue weighted by Crippen LogP contribution is -2.58. The van der Waals surface area contributed by atoms with Crippen LogP contribution < -0.4 is 10.6 Å². The maximum absolute atomic E-state index is 14.0. The SMILES string of the molecule is CC(C)CCN1C(=O)[C@H]2C(C(=O)Nc3cccc(Cl)c3)[C@H]3C=CC2(O3)C1C(=O)NC1CCCC(C)C1C. The lowest BCUT2D eigenvalue weighted by Gasteiger charge is -2.38. The summed E-state index contributed by atoms with van der Waals surface area (Å²) in [4.78, 5) is 43.1. The van der Waals surface area contributed by atoms with Gasteiger partial charge in [-0.1, -0.05) is 70.4 Å². The molecule has 1 aliphatic carbocycles. The molecule has 4 aliphatic rings. The van der Waals surface area contributed by atoms with Crippen molar-refractivity contribution in [2.75, 3.05) is 11.9 Å². The monoisotopic (exact) mass is 527 g/mol. The molecular weight excluding hydrogens is 490 g/mol. The van der Waals surface area contributed by atoms with Gasteiger partial charge in [-0.05, 0) is 48.8 Å². The minimum atomic E-state index is -1.14. The summed E-state index contributed by atoms with van der Waals surface area (Å²) in [7, 11) is 0. The first-order chi connectivity index (χ1) is 17.6. The Morgan fingerprint density at radius 1 is 1.22 bits per heavy atom. The van der Waals surface area contributed by atoms with E-state index in [1.807, 2.05) is 12.2 Å². The van der Waals surface area contributed by atoms with E-state index in [1.54, 1.807) is 29.2 Å². The van der Waals surface area contributed by atoms with Crippen molar-refractivity contribution in [1.29, 1.82) is 0 Å². The number of likely N-dealkylation sites (tertiary alicyclic amines) is 1. The fourth-order valence-electron chi connectivity index (χ4n) is 6.74. The van der Waals surface area contributed by atoms with Gasteiger partial charge in [-0.25, -0.2) is 0 Å². The summed E-state index contributed by atoms with van der Waals surface area (Å²) in [5, 5.41) is 6.73. The second-order valence-electron chi connectivity index (χ2n) is 11.8. The zero-order valence-corrected chi connectivity index (χ0v) is 22.8. The quantitative estimate of drug-likeness (QED) is 0.514. The molecule has 8 atom stereocenters. The van der Waals surface area contributed by atoms with Gasteiger partial charge >= 0.3 is 0 Å². The van der Waals surface area contributed by atoms with Crippen LogP contribution in [0.1, 0.15) is 53.4 Å². The molecule has 1 saturated carbocycles. The zero-order valence-electron chi connectivity index (χ0n) is 22.1. The lowest BCUT2D eigenvalue weighted by atomic mass is 9.73. The number of carbonyl (C=O) groups is 3. The molecule has 0 radical (unpaired) electrons. The first-order valence-electron chi connectivity index (χ1n) is 13.7. The summed E-state index contributed by atoms with van der Waals surface area (Å²) in [6, 6.07) is 6.21. The molecule has 1 spiro atoms. The molecule has 1 aromatic carbocycles. The van der Waals surface area contributed by atoms with Gasteiger partial charge in [0, 0.05) is 23.3 Å². The molecule has 2 saturated heterocycles. The number of hydrogen-bond acceptors (Lipinski definition) is 4. The highest BCUT2D eigenvalue weighted by atomic mass is 35.5. The maximum Gasteiger partial charge on any atom is 0.246 e. The van der Waals surface area contributed by atoms with Crippen molar-refractivity contribution >= 4 is 35.0 Å². The molecule has 3 aliphatic heterocycles. The predicted molar refractivity (Wildman–Crippen MR) is 143 cm³/mol. The molecule has 6 unspecified atom stereocenters. The molecule has 7 nitrogen and oxygen atoms in total. The van der Waals surface area contributed by atoms with Crippen LogP contribution >= 0.6 is 11.6 Å². The molecule has 3 amide bonds. The van der Waals surface area contributed by atoms with Crippen LogP contribution in [0.4, 0.5) is 5.69 Å². The van der Waals surface area contributed by atoms with E-state index < -0.39 is 29.6 Å². The molecule has 37 heavy (non-hydrogen) atoms. The van der Waals surface area contributed by atoms with Crippen LogP contribution in [0.5, 0.6) is 0 Å². The second-order valence-corrected chi connectivity index (χ2v) is 12.2. The molecule has 5 rings (SSSR count). The standard InChI is InChI=1S/C29H38ClN3O4/c1-16(2)12-14-33-25(27(35)32-21-10-5-7-17(3)18(21)4)29-13-11-22(37-29)23(24(29)28(33)36)26(34)31-20-9-6-8-19(30)15-20/h6,8-9,11,13,15-18,21-25H,5,7,10,12,14H2,1-4H3,(H,31,34)(H,32,35)/t17?,18?,21?,22-,23?,24-,25?,29?/m1/s1. The topological polar surface area (TPSA) is 87.7 Å². The third-order valence-electron chi connectivity index (χ3n) is 9.00. The fourth-order valence-corrected chi connectivity index (χ4v) is 6.93. The molecule has 2 bridgehead atoms. The smallest absolute Gasteiger partial charge is 0.246 e. The van der Waals surface area contributed by atoms with Crippen LogP contribution in [0.25, 0.3) is 0 Å². The van der Waals surface area contributed by atoms with E-state index in [1.165, 1.54) is 6.42 Å². The summed E-state index contributed by atoms with van der Waals surface area (Å²) in [5.41, 5.74) is -0.571. The highest BCUT2D eigenvalue weighted by molar-refractivity contribution is 6.30. The minimum Gasteiger partial charge on any atom is -0.359 e. The van der Waals surface area contributed by atoms with E-state index in [9.17, 15) is 14.4 Å². The Balaban J connectivity index is 1.43. The summed E-state index contributed by atoms with van der Waals surface area (Å²) < 4.78 is 6.44. The van der Waals surface area contributed by atoms with Crippen molar-refractivity contribution in [1.82, 2.24) is 10.2 Å². The Labute approximate surface area is 224 Å². The zero-order chi connectivity index (χ0) is 26.5. The van der Waals surface area contributed by atoms with Gasteiger partial charge in [0.15, 0.2) is 0 Å². The molecule has 200 valence electrons. The van der Waals surface area contributed by atoms with Crippen LogP contribution in [-0.4, -0.2) is 53.0 Å². The van der Waals surface area contributed by atoms with Gasteiger partial charge in [0.25, 0.3) is 0 Å². The first kappa shape index (κ1) is 26.2.